The quantitative estimate of drug-likeness (QED) is 0.0379. The van der Waals surface area contributed by atoms with Crippen LogP contribution >= 0.6 is 0 Å². The Kier molecular flexibility index (Phi) is 20.9. The van der Waals surface area contributed by atoms with Gasteiger partial charge in [-0.2, -0.15) is 0 Å². The van der Waals surface area contributed by atoms with Gasteiger partial charge in [0.2, 0.25) is 0 Å². The van der Waals surface area contributed by atoms with Gasteiger partial charge in [-0.15, -0.1) is 0 Å². The van der Waals surface area contributed by atoms with Crippen LogP contribution in [0.3, 0.4) is 0 Å². The smallest absolute Gasteiger partial charge is 0.305 e. The molecule has 278 valence electrons. The number of hydrogen-bond acceptors (Lipinski definition) is 15. The van der Waals surface area contributed by atoms with E-state index in [1.807, 2.05) is 0 Å². The van der Waals surface area contributed by atoms with Gasteiger partial charge in [0.15, 0.2) is 18.9 Å². The van der Waals surface area contributed by atoms with Crippen LogP contribution in [-0.2, 0) is 33.2 Å². The van der Waals surface area contributed by atoms with Crippen LogP contribution in [0.1, 0.15) is 97.3 Å². The Hall–Kier alpha value is -1.05. The summed E-state index contributed by atoms with van der Waals surface area (Å²) in [6.45, 7) is 2.51. The zero-order valence-corrected chi connectivity index (χ0v) is 27.9. The van der Waals surface area contributed by atoms with E-state index in [-0.39, 0.29) is 19.6 Å². The van der Waals surface area contributed by atoms with E-state index < -0.39 is 93.0 Å². The lowest BCUT2D eigenvalue weighted by Gasteiger charge is -2.42. The highest BCUT2D eigenvalue weighted by Crippen LogP contribution is 2.26. The van der Waals surface area contributed by atoms with Crippen molar-refractivity contribution in [2.24, 2.45) is 0 Å². The van der Waals surface area contributed by atoms with E-state index in [0.29, 0.717) is 12.8 Å². The van der Waals surface area contributed by atoms with Crippen LogP contribution in [0, 0.1) is 0 Å². The van der Waals surface area contributed by atoms with Crippen molar-refractivity contribution in [2.75, 3.05) is 26.4 Å². The molecular weight excluding hydrogens is 624 g/mol. The van der Waals surface area contributed by atoms with Gasteiger partial charge in [0.1, 0.15) is 61.5 Å². The number of unbranched alkanes of at least 4 members (excludes halogenated alkanes) is 9. The molecule has 0 aliphatic carbocycles. The summed E-state index contributed by atoms with van der Waals surface area (Å²) in [7, 11) is 0. The average Bonchev–Trinajstić information content (AvgIpc) is 3.06. The van der Waals surface area contributed by atoms with Crippen LogP contribution in [0.4, 0.5) is 0 Å². The Morgan fingerprint density at radius 1 is 0.660 bits per heavy atom. The topological polar surface area (TPSA) is 234 Å². The van der Waals surface area contributed by atoms with E-state index in [9.17, 15) is 45.6 Å². The van der Waals surface area contributed by atoms with E-state index in [2.05, 4.69) is 13.8 Å². The summed E-state index contributed by atoms with van der Waals surface area (Å²) in [5.41, 5.74) is 0. The monoisotopic (exact) mass is 684 g/mol. The summed E-state index contributed by atoms with van der Waals surface area (Å²) in [6.07, 6.45) is -6.17. The maximum Gasteiger partial charge on any atom is 0.305 e. The maximum atomic E-state index is 12.4. The Labute approximate surface area is 277 Å². The summed E-state index contributed by atoms with van der Waals surface area (Å²) in [6, 6.07) is 0. The summed E-state index contributed by atoms with van der Waals surface area (Å²) in [5, 5.41) is 81.6. The highest BCUT2D eigenvalue weighted by molar-refractivity contribution is 5.69. The summed E-state index contributed by atoms with van der Waals surface area (Å²) >= 11 is 0. The van der Waals surface area contributed by atoms with Gasteiger partial charge in [-0.25, -0.2) is 0 Å². The van der Waals surface area contributed by atoms with Crippen LogP contribution < -0.4 is 0 Å². The first-order valence-electron chi connectivity index (χ1n) is 17.3. The molecule has 0 amide bonds. The maximum absolute atomic E-state index is 12.4. The third-order valence-corrected chi connectivity index (χ3v) is 8.46. The third-order valence-electron chi connectivity index (χ3n) is 8.46. The minimum absolute atomic E-state index is 0.237. The number of rotatable bonds is 24. The molecule has 0 radical (unpaired) electrons. The third kappa shape index (κ3) is 14.8. The molecule has 15 nitrogen and oxygen atoms in total. The fraction of sp³-hybridized carbons (Fsp3) is 0.969. The molecule has 2 aliphatic heterocycles. The van der Waals surface area contributed by atoms with Gasteiger partial charge in [-0.1, -0.05) is 71.6 Å². The zero-order chi connectivity index (χ0) is 34.8. The molecular formula is C32H60O15. The summed E-state index contributed by atoms with van der Waals surface area (Å²) < 4.78 is 33.2. The standard InChI is InChI=1S/C32H60O15/c1-3-5-7-9-11-12-14-23(34)42-17-20(45-24(35)15-13-10-8-6-4-2)18-43-31-30(41)28(39)26(37)22(47-31)19-44-32-29(40)27(38)25(36)21(16-33)46-32/h20-22,24-33,35-41H,3-19H2,1-2H3/t20-,21-,22-,24?,25+,26+,27+,28+,29-,30-,31-,32+/m1/s1. The fourth-order valence-corrected chi connectivity index (χ4v) is 5.44. The molecule has 0 spiro atoms. The number of carbonyl (C=O) groups is 1. The number of esters is 1. The van der Waals surface area contributed by atoms with Crippen molar-refractivity contribution < 1.29 is 74.1 Å². The highest BCUT2D eigenvalue weighted by atomic mass is 16.7. The van der Waals surface area contributed by atoms with E-state index in [1.165, 1.54) is 0 Å². The molecule has 8 N–H and O–H groups in total. The minimum atomic E-state index is -1.74. The van der Waals surface area contributed by atoms with Gasteiger partial charge < -0.3 is 69.3 Å². The Balaban J connectivity index is 1.95. The molecule has 1 unspecified atom stereocenters. The van der Waals surface area contributed by atoms with Crippen molar-refractivity contribution in [3.63, 3.8) is 0 Å². The molecule has 15 heteroatoms. The number of carbonyl (C=O) groups excluding carboxylic acids is 1. The summed E-state index contributed by atoms with van der Waals surface area (Å²) in [4.78, 5) is 12.4. The molecule has 2 fully saturated rings. The molecule has 2 aliphatic rings. The molecule has 2 saturated heterocycles. The zero-order valence-electron chi connectivity index (χ0n) is 27.9. The van der Waals surface area contributed by atoms with Crippen LogP contribution in [0.25, 0.3) is 0 Å². The number of aliphatic hydroxyl groups is 8. The number of hydrogen-bond donors (Lipinski definition) is 8. The van der Waals surface area contributed by atoms with Crippen molar-refractivity contribution in [3.05, 3.63) is 0 Å². The first kappa shape index (κ1) is 42.1. The first-order chi connectivity index (χ1) is 22.5. The molecule has 0 aromatic rings. The van der Waals surface area contributed by atoms with Crippen molar-refractivity contribution in [2.45, 2.75) is 171 Å². The van der Waals surface area contributed by atoms with Gasteiger partial charge in [0.25, 0.3) is 0 Å². The molecule has 0 saturated carbocycles. The van der Waals surface area contributed by atoms with E-state index in [1.54, 1.807) is 0 Å². The van der Waals surface area contributed by atoms with Gasteiger partial charge in [-0.05, 0) is 19.3 Å². The Bertz CT molecular complexity index is 819. The predicted octanol–water partition coefficient (Wildman–Crippen LogP) is -0.0150. The van der Waals surface area contributed by atoms with Gasteiger partial charge in [-0.3, -0.25) is 4.79 Å². The average molecular weight is 685 g/mol. The second-order valence-corrected chi connectivity index (χ2v) is 12.5. The highest BCUT2D eigenvalue weighted by Gasteiger charge is 2.47. The number of aliphatic hydroxyl groups excluding tert-OH is 8. The second kappa shape index (κ2) is 23.4. The lowest BCUT2D eigenvalue weighted by molar-refractivity contribution is -0.334. The van der Waals surface area contributed by atoms with Crippen LogP contribution in [0.5, 0.6) is 0 Å². The molecule has 0 bridgehead atoms. The molecule has 2 rings (SSSR count). The van der Waals surface area contributed by atoms with Crippen molar-refractivity contribution in [1.29, 1.82) is 0 Å². The van der Waals surface area contributed by atoms with E-state index >= 15 is 0 Å². The molecule has 0 aromatic carbocycles. The normalized spacial score (nSPS) is 32.6. The van der Waals surface area contributed by atoms with Gasteiger partial charge in [0.05, 0.1) is 19.8 Å². The fourth-order valence-electron chi connectivity index (χ4n) is 5.44. The van der Waals surface area contributed by atoms with E-state index in [0.717, 1.165) is 64.2 Å². The van der Waals surface area contributed by atoms with Gasteiger partial charge >= 0.3 is 5.97 Å². The van der Waals surface area contributed by atoms with Gasteiger partial charge in [0, 0.05) is 6.42 Å². The SMILES string of the molecule is CCCCCCCCC(=O)OC[C@H](CO[C@@H]1O[C@H](CO[C@H]2O[C@H](CO)[C@H](O)[C@H](O)[C@H]2O)[C@H](O)[C@H](O)[C@H]1O)OC(O)CCCCCCC. The molecule has 47 heavy (non-hydrogen) atoms. The Morgan fingerprint density at radius 2 is 1.19 bits per heavy atom. The molecule has 2 heterocycles. The van der Waals surface area contributed by atoms with Crippen molar-refractivity contribution in [1.82, 2.24) is 0 Å². The van der Waals surface area contributed by atoms with Crippen LogP contribution in [-0.4, -0.2) is 147 Å². The van der Waals surface area contributed by atoms with E-state index in [4.69, 9.17) is 28.4 Å². The summed E-state index contributed by atoms with van der Waals surface area (Å²) in [5.74, 6) is -0.416. The predicted molar refractivity (Wildman–Crippen MR) is 166 cm³/mol. The second-order valence-electron chi connectivity index (χ2n) is 12.5. The number of ether oxygens (including phenoxy) is 6. The van der Waals surface area contributed by atoms with Crippen LogP contribution in [0.2, 0.25) is 0 Å². The van der Waals surface area contributed by atoms with Crippen LogP contribution in [0.15, 0.2) is 0 Å². The van der Waals surface area contributed by atoms with Crippen molar-refractivity contribution in [3.8, 4) is 0 Å². The molecule has 12 atom stereocenters. The largest absolute Gasteiger partial charge is 0.463 e. The Morgan fingerprint density at radius 3 is 1.81 bits per heavy atom. The minimum Gasteiger partial charge on any atom is -0.463 e. The lowest BCUT2D eigenvalue weighted by atomic mass is 9.98. The van der Waals surface area contributed by atoms with Crippen molar-refractivity contribution >= 4 is 5.97 Å². The first-order valence-corrected chi connectivity index (χ1v) is 17.3. The molecule has 0 aromatic heterocycles. The lowest BCUT2D eigenvalue weighted by Crippen LogP contribution is -2.61.